The van der Waals surface area contributed by atoms with Crippen LogP contribution in [-0.4, -0.2) is 32.8 Å². The van der Waals surface area contributed by atoms with Crippen molar-refractivity contribution in [2.75, 3.05) is 0 Å². The van der Waals surface area contributed by atoms with Gasteiger partial charge in [0.2, 0.25) is 0 Å². The Morgan fingerprint density at radius 1 is 1.04 bits per heavy atom. The summed E-state index contributed by atoms with van der Waals surface area (Å²) in [6, 6.07) is 12.8. The number of carboxylic acid groups (broad SMARTS) is 2. The van der Waals surface area contributed by atoms with E-state index in [2.05, 4.69) is 4.99 Å². The van der Waals surface area contributed by atoms with Crippen molar-refractivity contribution in [3.63, 3.8) is 0 Å². The van der Waals surface area contributed by atoms with Crippen molar-refractivity contribution in [2.45, 2.75) is 6.42 Å². The molecule has 0 aromatic heterocycles. The molecule has 0 fully saturated rings. The Morgan fingerprint density at radius 2 is 1.71 bits per heavy atom. The van der Waals surface area contributed by atoms with Gasteiger partial charge in [0.25, 0.3) is 5.69 Å². The van der Waals surface area contributed by atoms with E-state index in [4.69, 9.17) is 10.2 Å². The molecule has 24 heavy (non-hydrogen) atoms. The maximum Gasteiger partial charge on any atom is 0.350 e. The van der Waals surface area contributed by atoms with E-state index in [0.717, 1.165) is 0 Å². The molecular formula is C16H12N2O6. The van der Waals surface area contributed by atoms with Crippen LogP contribution >= 0.6 is 0 Å². The third-order valence-corrected chi connectivity index (χ3v) is 3.11. The molecular weight excluding hydrogens is 316 g/mol. The van der Waals surface area contributed by atoms with Gasteiger partial charge in [-0.05, 0) is 5.56 Å². The van der Waals surface area contributed by atoms with Crippen molar-refractivity contribution >= 4 is 29.0 Å². The molecule has 2 rings (SSSR count). The fourth-order valence-corrected chi connectivity index (χ4v) is 2.09. The molecule has 0 radical (unpaired) electrons. The van der Waals surface area contributed by atoms with E-state index in [1.54, 1.807) is 36.4 Å². The molecule has 0 aliphatic heterocycles. The molecule has 0 bridgehead atoms. The normalized spacial score (nSPS) is 11.1. The minimum absolute atomic E-state index is 0.188. The highest BCUT2D eigenvalue weighted by Gasteiger charge is 2.22. The smallest absolute Gasteiger partial charge is 0.350 e. The zero-order valence-corrected chi connectivity index (χ0v) is 12.2. The zero-order chi connectivity index (χ0) is 17.7. The number of hydrogen-bond acceptors (Lipinski definition) is 5. The molecule has 0 atom stereocenters. The van der Waals surface area contributed by atoms with Crippen molar-refractivity contribution in [3.8, 4) is 11.1 Å². The summed E-state index contributed by atoms with van der Waals surface area (Å²) in [6.07, 6.45) is -0.852. The molecule has 0 saturated heterocycles. The lowest BCUT2D eigenvalue weighted by molar-refractivity contribution is -0.384. The summed E-state index contributed by atoms with van der Waals surface area (Å²) in [5.41, 5.74) is -0.337. The van der Waals surface area contributed by atoms with Gasteiger partial charge in [0.05, 0.1) is 11.3 Å². The van der Waals surface area contributed by atoms with Gasteiger partial charge < -0.3 is 10.2 Å². The number of hydrogen-bond donors (Lipinski definition) is 2. The molecule has 0 heterocycles. The van der Waals surface area contributed by atoms with Gasteiger partial charge in [-0.25, -0.2) is 9.79 Å². The molecule has 8 nitrogen and oxygen atoms in total. The number of aliphatic imine (C=N–C) groups is 1. The van der Waals surface area contributed by atoms with Crippen LogP contribution in [0.15, 0.2) is 53.5 Å². The van der Waals surface area contributed by atoms with E-state index in [0.29, 0.717) is 11.1 Å². The predicted octanol–water partition coefficient (Wildman–Crippen LogP) is 2.89. The molecule has 2 aromatic carbocycles. The van der Waals surface area contributed by atoms with Gasteiger partial charge in [0.1, 0.15) is 11.4 Å². The summed E-state index contributed by atoms with van der Waals surface area (Å²) in [4.78, 5) is 36.4. The third kappa shape index (κ3) is 3.80. The number of carbonyl (C=O) groups is 2. The molecule has 0 aliphatic rings. The third-order valence-electron chi connectivity index (χ3n) is 3.11. The largest absolute Gasteiger partial charge is 0.481 e. The summed E-state index contributed by atoms with van der Waals surface area (Å²) in [7, 11) is 0. The first-order chi connectivity index (χ1) is 11.4. The van der Waals surface area contributed by atoms with E-state index in [1.807, 2.05) is 0 Å². The predicted molar refractivity (Wildman–Crippen MR) is 85.5 cm³/mol. The standard InChI is InChI=1S/C16H12N2O6/c19-14(20)9-12(16(21)22)17-15-11(10-5-2-1-3-6-10)7-4-8-13(15)18(23)24/h1-8H,9H2,(H,19,20)(H,21,22). The van der Waals surface area contributed by atoms with Gasteiger partial charge in [-0.2, -0.15) is 0 Å². The van der Waals surface area contributed by atoms with Gasteiger partial charge in [0.15, 0.2) is 0 Å². The van der Waals surface area contributed by atoms with Crippen LogP contribution in [-0.2, 0) is 9.59 Å². The quantitative estimate of drug-likeness (QED) is 0.476. The van der Waals surface area contributed by atoms with Crippen LogP contribution in [0, 0.1) is 10.1 Å². The summed E-state index contributed by atoms with van der Waals surface area (Å²) < 4.78 is 0. The van der Waals surface area contributed by atoms with Crippen molar-refractivity contribution in [1.82, 2.24) is 0 Å². The topological polar surface area (TPSA) is 130 Å². The molecule has 0 aliphatic carbocycles. The molecule has 8 heteroatoms. The fraction of sp³-hybridized carbons (Fsp3) is 0.0625. The Balaban J connectivity index is 2.72. The molecule has 0 unspecified atom stereocenters. The average molecular weight is 328 g/mol. The lowest BCUT2D eigenvalue weighted by Crippen LogP contribution is -2.17. The molecule has 0 spiro atoms. The first-order valence-electron chi connectivity index (χ1n) is 6.75. The molecule has 2 N–H and O–H groups in total. The van der Waals surface area contributed by atoms with Crippen molar-refractivity contribution in [2.24, 2.45) is 4.99 Å². The van der Waals surface area contributed by atoms with Crippen molar-refractivity contribution < 1.29 is 24.7 Å². The second-order valence-corrected chi connectivity index (χ2v) is 4.73. The first-order valence-corrected chi connectivity index (χ1v) is 6.75. The molecule has 2 aromatic rings. The Bertz CT molecular complexity index is 830. The van der Waals surface area contributed by atoms with Crippen LogP contribution in [0.2, 0.25) is 0 Å². The Labute approximate surface area is 135 Å². The number of nitro groups is 1. The average Bonchev–Trinajstić information content (AvgIpc) is 2.54. The highest BCUT2D eigenvalue weighted by atomic mass is 16.6. The monoisotopic (exact) mass is 328 g/mol. The molecule has 0 saturated carbocycles. The fourth-order valence-electron chi connectivity index (χ4n) is 2.09. The van der Waals surface area contributed by atoms with E-state index < -0.39 is 34.7 Å². The van der Waals surface area contributed by atoms with Crippen LogP contribution in [0.4, 0.5) is 11.4 Å². The van der Waals surface area contributed by atoms with Crippen LogP contribution in [0.5, 0.6) is 0 Å². The van der Waals surface area contributed by atoms with Crippen molar-refractivity contribution in [3.05, 3.63) is 58.6 Å². The number of aliphatic carboxylic acids is 2. The number of benzene rings is 2. The Hall–Kier alpha value is -3.55. The Morgan fingerprint density at radius 3 is 2.25 bits per heavy atom. The maximum absolute atomic E-state index is 11.3. The lowest BCUT2D eigenvalue weighted by atomic mass is 10.0. The lowest BCUT2D eigenvalue weighted by Gasteiger charge is -2.08. The van der Waals surface area contributed by atoms with E-state index in [9.17, 15) is 19.7 Å². The van der Waals surface area contributed by atoms with Crippen LogP contribution < -0.4 is 0 Å². The van der Waals surface area contributed by atoms with Crippen molar-refractivity contribution in [1.29, 1.82) is 0 Å². The van der Waals surface area contributed by atoms with Crippen LogP contribution in [0.1, 0.15) is 6.42 Å². The highest BCUT2D eigenvalue weighted by molar-refractivity contribution is 6.39. The molecule has 122 valence electrons. The first kappa shape index (κ1) is 16.8. The second kappa shape index (κ2) is 7.14. The maximum atomic E-state index is 11.3. The van der Waals surface area contributed by atoms with Gasteiger partial charge in [-0.15, -0.1) is 0 Å². The zero-order valence-electron chi connectivity index (χ0n) is 12.2. The minimum Gasteiger partial charge on any atom is -0.481 e. The number of nitrogens with zero attached hydrogens (tertiary/aromatic N) is 2. The van der Waals surface area contributed by atoms with Gasteiger partial charge in [-0.1, -0.05) is 42.5 Å². The SMILES string of the molecule is O=C(O)CC(=Nc1c(-c2ccccc2)cccc1[N+](=O)[O-])C(=O)O. The number of nitro benzene ring substituents is 1. The van der Waals surface area contributed by atoms with Gasteiger partial charge >= 0.3 is 11.9 Å². The second-order valence-electron chi connectivity index (χ2n) is 4.73. The summed E-state index contributed by atoms with van der Waals surface area (Å²) in [5.74, 6) is -2.94. The number of carboxylic acids is 2. The number of para-hydroxylation sites is 1. The summed E-state index contributed by atoms with van der Waals surface area (Å²) >= 11 is 0. The minimum atomic E-state index is -1.55. The summed E-state index contributed by atoms with van der Waals surface area (Å²) in [6.45, 7) is 0. The van der Waals surface area contributed by atoms with E-state index in [1.165, 1.54) is 12.1 Å². The van der Waals surface area contributed by atoms with Gasteiger partial charge in [0, 0.05) is 11.6 Å². The van der Waals surface area contributed by atoms with Gasteiger partial charge in [-0.3, -0.25) is 14.9 Å². The van der Waals surface area contributed by atoms with Crippen LogP contribution in [0.3, 0.4) is 0 Å². The van der Waals surface area contributed by atoms with E-state index in [-0.39, 0.29) is 5.69 Å². The van der Waals surface area contributed by atoms with Crippen LogP contribution in [0.25, 0.3) is 11.1 Å². The number of rotatable bonds is 6. The van der Waals surface area contributed by atoms with E-state index >= 15 is 0 Å². The molecule has 0 amide bonds. The summed E-state index contributed by atoms with van der Waals surface area (Å²) in [5, 5.41) is 29.2. The Kier molecular flexibility index (Phi) is 5.00. The highest BCUT2D eigenvalue weighted by Crippen LogP contribution is 2.38.